The summed E-state index contributed by atoms with van der Waals surface area (Å²) in [6.07, 6.45) is 14.4. The number of amides is 1. The molecule has 0 radical (unpaired) electrons. The van der Waals surface area contributed by atoms with Gasteiger partial charge in [-0.1, -0.05) is 207 Å². The van der Waals surface area contributed by atoms with Crippen LogP contribution in [0.3, 0.4) is 0 Å². The van der Waals surface area contributed by atoms with Gasteiger partial charge in [-0.2, -0.15) is 0 Å². The maximum absolute atomic E-state index is 13.3. The Kier molecular flexibility index (Phi) is 36.5. The summed E-state index contributed by atoms with van der Waals surface area (Å²) in [4.78, 5) is 13.3. The number of aliphatic hydroxyl groups excluding tert-OH is 10. The highest BCUT2D eigenvalue weighted by atomic mass is 16.7. The van der Waals surface area contributed by atoms with Crippen molar-refractivity contribution in [3.63, 3.8) is 0 Å². The summed E-state index contributed by atoms with van der Waals surface area (Å²) in [5.41, 5.74) is 0. The molecule has 2 aliphatic rings. The van der Waals surface area contributed by atoms with Gasteiger partial charge in [0.25, 0.3) is 0 Å². The highest BCUT2D eigenvalue weighted by molar-refractivity contribution is 5.80. The fraction of sp³-hybridized carbons (Fsp3) is 0.981. The minimum absolute atomic E-state index is 0.208. The lowest BCUT2D eigenvalue weighted by Gasteiger charge is -2.43. The third-order valence-electron chi connectivity index (χ3n) is 14.2. The average molecular weight is 994 g/mol. The predicted octanol–water partition coefficient (Wildman–Crippen LogP) is 5.96. The normalized spacial score (nSPS) is 27.1. The van der Waals surface area contributed by atoms with Crippen molar-refractivity contribution in [1.82, 2.24) is 5.32 Å². The molecule has 2 rings (SSSR count). The highest BCUT2D eigenvalue weighted by Gasteiger charge is 2.48. The summed E-state index contributed by atoms with van der Waals surface area (Å²) in [5, 5.41) is 108. The van der Waals surface area contributed by atoms with E-state index in [9.17, 15) is 55.9 Å². The van der Waals surface area contributed by atoms with Gasteiger partial charge in [-0.25, -0.2) is 0 Å². The van der Waals surface area contributed by atoms with Crippen molar-refractivity contribution >= 4 is 5.91 Å². The van der Waals surface area contributed by atoms with E-state index in [-0.39, 0.29) is 12.8 Å². The SMILES string of the molecule is CCCCCCCCCCCCCCCCCCCC[C@@H](O)C(=O)N[C@@H](CO[C@@H]1O[C@H](CO[C@H]2O[C@H](CO)[C@H](O)[C@H](O)[C@H]2O)[C@@H](O)[C@H](O)[C@H]1O)[C@H](O)[C@H](O)CCCCCCCCCCCCC(C)C. The first kappa shape index (κ1) is 64.0. The smallest absolute Gasteiger partial charge is 0.249 e. The quantitative estimate of drug-likeness (QED) is 0.0315. The van der Waals surface area contributed by atoms with Gasteiger partial charge in [-0.15, -0.1) is 0 Å². The zero-order chi connectivity index (χ0) is 50.8. The molecule has 2 heterocycles. The summed E-state index contributed by atoms with van der Waals surface area (Å²) >= 11 is 0. The molecule has 410 valence electrons. The van der Waals surface area contributed by atoms with Crippen LogP contribution in [0.1, 0.15) is 220 Å². The molecule has 16 nitrogen and oxygen atoms in total. The number of rotatable bonds is 43. The maximum atomic E-state index is 13.3. The van der Waals surface area contributed by atoms with Gasteiger partial charge in [0.05, 0.1) is 32.0 Å². The van der Waals surface area contributed by atoms with E-state index < -0.39 is 111 Å². The molecule has 0 spiro atoms. The van der Waals surface area contributed by atoms with Gasteiger partial charge in [0, 0.05) is 0 Å². The van der Waals surface area contributed by atoms with Crippen molar-refractivity contribution in [2.24, 2.45) is 5.92 Å². The van der Waals surface area contributed by atoms with Crippen molar-refractivity contribution < 1.29 is 74.8 Å². The van der Waals surface area contributed by atoms with E-state index in [1.54, 1.807) is 0 Å². The lowest BCUT2D eigenvalue weighted by molar-refractivity contribution is -0.331. The molecular formula is C53H103NO15. The Morgan fingerprint density at radius 1 is 0.493 bits per heavy atom. The Morgan fingerprint density at radius 2 is 0.870 bits per heavy atom. The molecule has 0 bridgehead atoms. The molecule has 2 aliphatic heterocycles. The van der Waals surface area contributed by atoms with Gasteiger partial charge in [0.2, 0.25) is 5.91 Å². The number of ether oxygens (including phenoxy) is 4. The monoisotopic (exact) mass is 994 g/mol. The molecule has 1 amide bonds. The lowest BCUT2D eigenvalue weighted by atomic mass is 9.98. The summed E-state index contributed by atoms with van der Waals surface area (Å²) < 4.78 is 22.4. The predicted molar refractivity (Wildman–Crippen MR) is 266 cm³/mol. The second-order valence-corrected chi connectivity index (χ2v) is 20.9. The number of carbonyl (C=O) groups is 1. The van der Waals surface area contributed by atoms with E-state index in [0.29, 0.717) is 12.8 Å². The Balaban J connectivity index is 1.85. The molecule has 0 aromatic heterocycles. The first-order valence-corrected chi connectivity index (χ1v) is 27.8. The third kappa shape index (κ3) is 27.1. The maximum Gasteiger partial charge on any atom is 0.249 e. The van der Waals surface area contributed by atoms with Crippen LogP contribution in [0.4, 0.5) is 0 Å². The Bertz CT molecular complexity index is 1220. The van der Waals surface area contributed by atoms with E-state index in [4.69, 9.17) is 18.9 Å². The van der Waals surface area contributed by atoms with Gasteiger partial charge in [-0.05, 0) is 18.8 Å². The lowest BCUT2D eigenvalue weighted by Crippen LogP contribution is -2.62. The molecule has 0 unspecified atom stereocenters. The van der Waals surface area contributed by atoms with Gasteiger partial charge in [0.1, 0.15) is 61.0 Å². The second kappa shape index (κ2) is 39.4. The number of nitrogens with one attached hydrogen (secondary N) is 1. The molecule has 0 aliphatic carbocycles. The number of aliphatic hydroxyl groups is 10. The highest BCUT2D eigenvalue weighted by Crippen LogP contribution is 2.27. The Morgan fingerprint density at radius 3 is 1.30 bits per heavy atom. The minimum Gasteiger partial charge on any atom is -0.394 e. The topological polar surface area (TPSA) is 268 Å². The van der Waals surface area contributed by atoms with Gasteiger partial charge >= 0.3 is 0 Å². The van der Waals surface area contributed by atoms with E-state index in [2.05, 4.69) is 26.1 Å². The van der Waals surface area contributed by atoms with Gasteiger partial charge in [-0.3, -0.25) is 4.79 Å². The Hall–Kier alpha value is -1.09. The summed E-state index contributed by atoms with van der Waals surface area (Å²) in [5.74, 6) is -0.00265. The average Bonchev–Trinajstić information content (AvgIpc) is 3.33. The molecule has 16 heteroatoms. The van der Waals surface area contributed by atoms with Crippen LogP contribution < -0.4 is 5.32 Å². The Labute approximate surface area is 416 Å². The largest absolute Gasteiger partial charge is 0.394 e. The molecule has 0 aromatic rings. The van der Waals surface area contributed by atoms with Crippen molar-refractivity contribution in [2.75, 3.05) is 19.8 Å². The number of hydrogen-bond donors (Lipinski definition) is 11. The zero-order valence-electron chi connectivity index (χ0n) is 43.2. The van der Waals surface area contributed by atoms with E-state index >= 15 is 0 Å². The third-order valence-corrected chi connectivity index (χ3v) is 14.2. The van der Waals surface area contributed by atoms with E-state index in [1.165, 1.54) is 128 Å². The second-order valence-electron chi connectivity index (χ2n) is 20.9. The standard InChI is InChI=1S/C53H103NO15/c1-4-5-6-7-8-9-10-11-12-13-14-15-16-17-22-25-28-31-34-41(57)51(65)54-39(44(58)40(56)33-30-27-24-21-19-18-20-23-26-29-32-38(2)3)36-66-52-50(64)48(62)46(60)43(69-52)37-67-53-49(63)47(61)45(59)42(35-55)68-53/h38-50,52-53,55-64H,4-37H2,1-3H3,(H,54,65)/t39-,40+,41+,42+,43+,44-,45-,46+,47-,48-,49+,50+,52+,53-/m0/s1. The number of carbonyl (C=O) groups excluding carboxylic acids is 1. The van der Waals surface area contributed by atoms with Gasteiger partial charge in [0.15, 0.2) is 12.6 Å². The number of hydrogen-bond acceptors (Lipinski definition) is 15. The molecule has 0 aromatic carbocycles. The van der Waals surface area contributed by atoms with Crippen LogP contribution in [-0.4, -0.2) is 163 Å². The summed E-state index contributed by atoms with van der Waals surface area (Å²) in [7, 11) is 0. The molecule has 2 fully saturated rings. The van der Waals surface area contributed by atoms with Crippen molar-refractivity contribution in [3.8, 4) is 0 Å². The summed E-state index contributed by atoms with van der Waals surface area (Å²) in [6.45, 7) is 4.98. The van der Waals surface area contributed by atoms with Crippen LogP contribution in [0.2, 0.25) is 0 Å². The van der Waals surface area contributed by atoms with E-state index in [0.717, 1.165) is 50.9 Å². The molecule has 14 atom stereocenters. The number of unbranched alkanes of at least 4 members (excludes halogenated alkanes) is 26. The van der Waals surface area contributed by atoms with Crippen LogP contribution in [-0.2, 0) is 23.7 Å². The first-order chi connectivity index (χ1) is 33.2. The van der Waals surface area contributed by atoms with Gasteiger partial charge < -0.3 is 75.3 Å². The van der Waals surface area contributed by atoms with Crippen LogP contribution in [0.5, 0.6) is 0 Å². The van der Waals surface area contributed by atoms with Crippen LogP contribution in [0, 0.1) is 5.92 Å². The molecule has 11 N–H and O–H groups in total. The fourth-order valence-electron chi connectivity index (χ4n) is 9.42. The first-order valence-electron chi connectivity index (χ1n) is 27.8. The molecule has 2 saturated heterocycles. The summed E-state index contributed by atoms with van der Waals surface area (Å²) in [6, 6.07) is -1.27. The van der Waals surface area contributed by atoms with Crippen molar-refractivity contribution in [2.45, 2.75) is 306 Å². The fourth-order valence-corrected chi connectivity index (χ4v) is 9.42. The van der Waals surface area contributed by atoms with Crippen LogP contribution >= 0.6 is 0 Å². The van der Waals surface area contributed by atoms with Crippen molar-refractivity contribution in [3.05, 3.63) is 0 Å². The van der Waals surface area contributed by atoms with E-state index in [1.807, 2.05) is 0 Å². The molecule has 0 saturated carbocycles. The van der Waals surface area contributed by atoms with Crippen LogP contribution in [0.15, 0.2) is 0 Å². The van der Waals surface area contributed by atoms with Crippen LogP contribution in [0.25, 0.3) is 0 Å². The zero-order valence-corrected chi connectivity index (χ0v) is 43.2. The van der Waals surface area contributed by atoms with Crippen molar-refractivity contribution in [1.29, 1.82) is 0 Å². The molecule has 69 heavy (non-hydrogen) atoms. The minimum atomic E-state index is -1.82. The molecular weight excluding hydrogens is 891 g/mol.